The van der Waals surface area contributed by atoms with Gasteiger partial charge < -0.3 is 10.6 Å². The molecule has 27 heavy (non-hydrogen) atoms. The number of carbonyl (C=O) groups is 1. The van der Waals surface area contributed by atoms with E-state index in [9.17, 15) is 13.2 Å². The minimum atomic E-state index is -3.24. The molecule has 2 amide bonds. The fourth-order valence-corrected chi connectivity index (χ4v) is 5.22. The van der Waals surface area contributed by atoms with Gasteiger partial charge >= 0.3 is 6.03 Å². The summed E-state index contributed by atoms with van der Waals surface area (Å²) in [6, 6.07) is 14.4. The van der Waals surface area contributed by atoms with E-state index in [0.717, 1.165) is 12.0 Å². The van der Waals surface area contributed by atoms with Crippen molar-refractivity contribution < 1.29 is 13.2 Å². The van der Waals surface area contributed by atoms with Crippen LogP contribution >= 0.6 is 11.6 Å². The highest BCUT2D eigenvalue weighted by Gasteiger charge is 2.39. The van der Waals surface area contributed by atoms with Crippen molar-refractivity contribution in [3.8, 4) is 0 Å². The van der Waals surface area contributed by atoms with Gasteiger partial charge in [-0.1, -0.05) is 29.8 Å². The molecule has 0 unspecified atom stereocenters. The van der Waals surface area contributed by atoms with Gasteiger partial charge in [0.15, 0.2) is 0 Å². The van der Waals surface area contributed by atoms with Gasteiger partial charge in [-0.25, -0.2) is 13.2 Å². The Morgan fingerprint density at radius 1 is 1.15 bits per heavy atom. The van der Waals surface area contributed by atoms with Crippen molar-refractivity contribution in [2.24, 2.45) is 0 Å². The molecule has 2 atom stereocenters. The summed E-state index contributed by atoms with van der Waals surface area (Å²) in [4.78, 5) is 12.3. The summed E-state index contributed by atoms with van der Waals surface area (Å²) in [5.74, 6) is 0.438. The number of anilines is 2. The zero-order valence-electron chi connectivity index (χ0n) is 14.6. The second kappa shape index (κ2) is 7.05. The summed E-state index contributed by atoms with van der Waals surface area (Å²) in [6.07, 6.45) is 1.49. The Morgan fingerprint density at radius 2 is 1.96 bits per heavy atom. The van der Waals surface area contributed by atoms with Gasteiger partial charge in [0.2, 0.25) is 10.0 Å². The molecular formula is C19H20ClN3O3S. The lowest BCUT2D eigenvalue weighted by molar-refractivity contribution is 0.251. The number of benzene rings is 2. The van der Waals surface area contributed by atoms with Crippen LogP contribution in [0.15, 0.2) is 48.5 Å². The lowest BCUT2D eigenvalue weighted by Gasteiger charge is -2.18. The Labute approximate surface area is 163 Å². The minimum Gasteiger partial charge on any atom is -0.334 e. The number of nitrogens with zero attached hydrogens (tertiary/aromatic N) is 1. The molecule has 2 fully saturated rings. The van der Waals surface area contributed by atoms with Crippen LogP contribution in [0.25, 0.3) is 0 Å². The van der Waals surface area contributed by atoms with Crippen LogP contribution in [0.5, 0.6) is 0 Å². The standard InChI is InChI=1S/C19H20ClN3O3S/c20-14-5-1-4-13(10-14)17-12-18(17)22-19(24)21-15-6-2-7-16(11-15)23-8-3-9-27(23,25)26/h1-2,4-7,10-11,17-18H,3,8-9,12H2,(H2,21,22,24)/t17-,18+/m0/s1. The molecule has 1 saturated carbocycles. The Hall–Kier alpha value is -2.25. The molecule has 8 heteroatoms. The average Bonchev–Trinajstić information content (AvgIpc) is 3.28. The third-order valence-electron chi connectivity index (χ3n) is 4.88. The first-order valence-electron chi connectivity index (χ1n) is 8.86. The number of amides is 2. The molecule has 0 bridgehead atoms. The van der Waals surface area contributed by atoms with E-state index in [0.29, 0.717) is 29.4 Å². The topological polar surface area (TPSA) is 78.5 Å². The predicted molar refractivity (Wildman–Crippen MR) is 107 cm³/mol. The molecule has 1 aliphatic heterocycles. The van der Waals surface area contributed by atoms with Crippen LogP contribution in [0.1, 0.15) is 24.3 Å². The maximum Gasteiger partial charge on any atom is 0.319 e. The summed E-state index contributed by atoms with van der Waals surface area (Å²) >= 11 is 6.02. The maximum atomic E-state index is 12.3. The zero-order valence-corrected chi connectivity index (χ0v) is 16.1. The zero-order chi connectivity index (χ0) is 19.0. The van der Waals surface area contributed by atoms with Crippen LogP contribution in [0, 0.1) is 0 Å². The van der Waals surface area contributed by atoms with Crippen molar-refractivity contribution >= 4 is 39.0 Å². The highest BCUT2D eigenvalue weighted by atomic mass is 35.5. The van der Waals surface area contributed by atoms with Crippen molar-refractivity contribution in [2.45, 2.75) is 24.8 Å². The lowest BCUT2D eigenvalue weighted by Crippen LogP contribution is -2.31. The molecule has 0 spiro atoms. The third kappa shape index (κ3) is 4.04. The van der Waals surface area contributed by atoms with Crippen LogP contribution in [0.3, 0.4) is 0 Å². The van der Waals surface area contributed by atoms with Crippen molar-refractivity contribution in [1.82, 2.24) is 5.32 Å². The quantitative estimate of drug-likeness (QED) is 0.816. The molecule has 1 saturated heterocycles. The fraction of sp³-hybridized carbons (Fsp3) is 0.316. The monoisotopic (exact) mass is 405 g/mol. The Bertz CT molecular complexity index is 980. The third-order valence-corrected chi connectivity index (χ3v) is 6.98. The molecule has 2 N–H and O–H groups in total. The largest absolute Gasteiger partial charge is 0.334 e. The number of hydrogen-bond donors (Lipinski definition) is 2. The van der Waals surface area contributed by atoms with E-state index in [1.807, 2.05) is 24.3 Å². The Balaban J connectivity index is 1.37. The van der Waals surface area contributed by atoms with Crippen LogP contribution in [0.4, 0.5) is 16.2 Å². The van der Waals surface area contributed by atoms with E-state index >= 15 is 0 Å². The van der Waals surface area contributed by atoms with Crippen LogP contribution in [-0.4, -0.2) is 32.8 Å². The molecule has 0 aromatic heterocycles. The molecule has 4 rings (SSSR count). The molecule has 1 heterocycles. The van der Waals surface area contributed by atoms with E-state index in [2.05, 4.69) is 10.6 Å². The lowest BCUT2D eigenvalue weighted by atomic mass is 10.1. The van der Waals surface area contributed by atoms with E-state index in [-0.39, 0.29) is 23.7 Å². The maximum absolute atomic E-state index is 12.3. The van der Waals surface area contributed by atoms with Gasteiger partial charge in [0.1, 0.15) is 0 Å². The molecule has 0 radical (unpaired) electrons. The first-order valence-corrected chi connectivity index (χ1v) is 10.8. The number of sulfonamides is 1. The van der Waals surface area contributed by atoms with Crippen molar-refractivity contribution in [1.29, 1.82) is 0 Å². The highest BCUT2D eigenvalue weighted by molar-refractivity contribution is 7.93. The van der Waals surface area contributed by atoms with Crippen molar-refractivity contribution in [2.75, 3.05) is 21.9 Å². The molecule has 1 aliphatic carbocycles. The SMILES string of the molecule is O=C(Nc1cccc(N2CCCS2(=O)=O)c1)N[C@@H]1C[C@H]1c1cccc(Cl)c1. The number of carbonyl (C=O) groups excluding carboxylic acids is 1. The molecular weight excluding hydrogens is 386 g/mol. The summed E-state index contributed by atoms with van der Waals surface area (Å²) in [6.45, 7) is 0.474. The normalized spacial score (nSPS) is 23.1. The summed E-state index contributed by atoms with van der Waals surface area (Å²) in [7, 11) is -3.24. The van der Waals surface area contributed by atoms with Gasteiger partial charge in [-0.3, -0.25) is 4.31 Å². The van der Waals surface area contributed by atoms with Gasteiger partial charge in [-0.05, 0) is 48.7 Å². The minimum absolute atomic E-state index is 0.0746. The average molecular weight is 406 g/mol. The van der Waals surface area contributed by atoms with Gasteiger partial charge in [-0.15, -0.1) is 0 Å². The second-order valence-electron chi connectivity index (χ2n) is 6.89. The van der Waals surface area contributed by atoms with Gasteiger partial charge in [-0.2, -0.15) is 0 Å². The number of nitrogens with one attached hydrogen (secondary N) is 2. The number of halogens is 1. The van der Waals surface area contributed by atoms with E-state index in [4.69, 9.17) is 11.6 Å². The summed E-state index contributed by atoms with van der Waals surface area (Å²) in [5, 5.41) is 6.43. The second-order valence-corrected chi connectivity index (χ2v) is 9.34. The van der Waals surface area contributed by atoms with E-state index < -0.39 is 10.0 Å². The molecule has 2 aromatic rings. The first-order chi connectivity index (χ1) is 12.9. The van der Waals surface area contributed by atoms with Gasteiger partial charge in [0.05, 0.1) is 11.4 Å². The fourth-order valence-electron chi connectivity index (χ4n) is 3.46. The number of urea groups is 1. The Kier molecular flexibility index (Phi) is 4.74. The van der Waals surface area contributed by atoms with Crippen LogP contribution in [0.2, 0.25) is 5.02 Å². The predicted octanol–water partition coefficient (Wildman–Crippen LogP) is 3.56. The Morgan fingerprint density at radius 3 is 2.70 bits per heavy atom. The van der Waals surface area contributed by atoms with Crippen molar-refractivity contribution in [3.05, 3.63) is 59.1 Å². The highest BCUT2D eigenvalue weighted by Crippen LogP contribution is 2.41. The summed E-state index contributed by atoms with van der Waals surface area (Å²) < 4.78 is 25.5. The molecule has 2 aliphatic rings. The molecule has 142 valence electrons. The van der Waals surface area contributed by atoms with Gasteiger partial charge in [0, 0.05) is 29.2 Å². The molecule has 2 aromatic carbocycles. The van der Waals surface area contributed by atoms with Crippen molar-refractivity contribution in [3.63, 3.8) is 0 Å². The van der Waals surface area contributed by atoms with E-state index in [1.54, 1.807) is 24.3 Å². The van der Waals surface area contributed by atoms with Crippen LogP contribution < -0.4 is 14.9 Å². The smallest absolute Gasteiger partial charge is 0.319 e. The van der Waals surface area contributed by atoms with Crippen LogP contribution in [-0.2, 0) is 10.0 Å². The first kappa shape index (κ1) is 18.1. The van der Waals surface area contributed by atoms with E-state index in [1.165, 1.54) is 4.31 Å². The summed E-state index contributed by atoms with van der Waals surface area (Å²) in [5.41, 5.74) is 2.26. The van der Waals surface area contributed by atoms with Gasteiger partial charge in [0.25, 0.3) is 0 Å². The number of hydrogen-bond acceptors (Lipinski definition) is 3. The molecule has 6 nitrogen and oxygen atoms in total. The number of rotatable bonds is 4.